The average Bonchev–Trinajstić information content (AvgIpc) is 2.97. The Bertz CT molecular complexity index is 590. The molecule has 7 heteroatoms. The van der Waals surface area contributed by atoms with Crippen LogP contribution in [-0.4, -0.2) is 27.6 Å². The lowest BCUT2D eigenvalue weighted by molar-refractivity contribution is 0.0944. The molecule has 19 heavy (non-hydrogen) atoms. The van der Waals surface area contributed by atoms with Crippen LogP contribution in [0.2, 0.25) is 4.34 Å². The van der Waals surface area contributed by atoms with Crippen molar-refractivity contribution in [2.24, 2.45) is 0 Å². The Morgan fingerprint density at radius 1 is 1.53 bits per heavy atom. The van der Waals surface area contributed by atoms with E-state index in [1.807, 2.05) is 12.1 Å². The van der Waals surface area contributed by atoms with Gasteiger partial charge in [-0.1, -0.05) is 11.6 Å². The Balaban J connectivity index is 1.50. The molecular weight excluding hydrogens is 284 g/mol. The molecule has 0 bridgehead atoms. The summed E-state index contributed by atoms with van der Waals surface area (Å²) in [7, 11) is 0. The van der Waals surface area contributed by atoms with E-state index in [2.05, 4.69) is 20.5 Å². The van der Waals surface area contributed by atoms with E-state index in [9.17, 15) is 4.79 Å². The minimum absolute atomic E-state index is 0.228. The van der Waals surface area contributed by atoms with Crippen molar-refractivity contribution in [1.29, 1.82) is 0 Å². The van der Waals surface area contributed by atoms with Gasteiger partial charge in [-0.05, 0) is 31.4 Å². The number of aromatic amines is 1. The minimum Gasteiger partial charge on any atom is -0.349 e. The predicted molar refractivity (Wildman–Crippen MR) is 73.7 cm³/mol. The zero-order valence-electron chi connectivity index (χ0n) is 10.1. The Morgan fingerprint density at radius 3 is 3.05 bits per heavy atom. The third-order valence-electron chi connectivity index (χ3n) is 2.96. The fraction of sp³-hybridized carbons (Fsp3) is 0.417. The molecule has 1 aliphatic carbocycles. The highest BCUT2D eigenvalue weighted by Crippen LogP contribution is 2.37. The van der Waals surface area contributed by atoms with Crippen LogP contribution in [0.5, 0.6) is 0 Å². The van der Waals surface area contributed by atoms with Crippen LogP contribution < -0.4 is 5.32 Å². The number of amides is 1. The van der Waals surface area contributed by atoms with Crippen LogP contribution >= 0.6 is 22.9 Å². The maximum absolute atomic E-state index is 11.8. The number of carbonyl (C=O) groups is 1. The van der Waals surface area contributed by atoms with Crippen LogP contribution in [0.1, 0.15) is 40.1 Å². The third kappa shape index (κ3) is 3.13. The number of thiophene rings is 1. The Morgan fingerprint density at radius 2 is 2.37 bits per heavy atom. The summed E-state index contributed by atoms with van der Waals surface area (Å²) in [6.07, 6.45) is 3.04. The van der Waals surface area contributed by atoms with Crippen LogP contribution in [0.4, 0.5) is 0 Å². The van der Waals surface area contributed by atoms with Gasteiger partial charge < -0.3 is 5.32 Å². The summed E-state index contributed by atoms with van der Waals surface area (Å²) in [6, 6.07) is 3.83. The highest BCUT2D eigenvalue weighted by atomic mass is 35.5. The average molecular weight is 297 g/mol. The van der Waals surface area contributed by atoms with Gasteiger partial charge in [0.2, 0.25) is 5.82 Å². The molecule has 0 spiro atoms. The molecular formula is C12H13ClN4OS. The van der Waals surface area contributed by atoms with E-state index in [1.54, 1.807) is 0 Å². The zero-order chi connectivity index (χ0) is 13.2. The number of carbonyl (C=O) groups excluding carboxylic acids is 1. The van der Waals surface area contributed by atoms with Crippen molar-refractivity contribution >= 4 is 28.8 Å². The van der Waals surface area contributed by atoms with Crippen LogP contribution in [0, 0.1) is 0 Å². The van der Waals surface area contributed by atoms with Crippen LogP contribution in [-0.2, 0) is 6.42 Å². The predicted octanol–water partition coefficient (Wildman–Crippen LogP) is 2.37. The summed E-state index contributed by atoms with van der Waals surface area (Å²) in [4.78, 5) is 17.2. The maximum Gasteiger partial charge on any atom is 0.290 e. The maximum atomic E-state index is 11.8. The Hall–Kier alpha value is -1.40. The molecule has 2 aromatic heterocycles. The smallest absolute Gasteiger partial charge is 0.290 e. The highest BCUT2D eigenvalue weighted by Gasteiger charge is 2.28. The van der Waals surface area contributed by atoms with E-state index in [-0.39, 0.29) is 11.7 Å². The number of halogens is 1. The number of nitrogens with zero attached hydrogens (tertiary/aromatic N) is 2. The van der Waals surface area contributed by atoms with Crippen molar-refractivity contribution in [3.8, 4) is 0 Å². The van der Waals surface area contributed by atoms with Crippen molar-refractivity contribution in [1.82, 2.24) is 20.5 Å². The molecule has 2 heterocycles. The number of aromatic nitrogens is 3. The molecule has 1 aliphatic rings. The molecule has 1 saturated carbocycles. The second-order valence-corrected chi connectivity index (χ2v) is 6.33. The second-order valence-electron chi connectivity index (χ2n) is 4.53. The van der Waals surface area contributed by atoms with Crippen molar-refractivity contribution < 1.29 is 4.79 Å². The molecule has 0 saturated heterocycles. The molecule has 1 fully saturated rings. The lowest BCUT2D eigenvalue weighted by Gasteiger charge is -2.00. The summed E-state index contributed by atoms with van der Waals surface area (Å²) in [5.41, 5.74) is 0. The normalized spacial score (nSPS) is 14.6. The van der Waals surface area contributed by atoms with Crippen molar-refractivity contribution in [3.05, 3.63) is 33.0 Å². The van der Waals surface area contributed by atoms with Crippen molar-refractivity contribution in [2.45, 2.75) is 25.2 Å². The van der Waals surface area contributed by atoms with Gasteiger partial charge in [-0.15, -0.1) is 16.4 Å². The Kier molecular flexibility index (Phi) is 3.52. The minimum atomic E-state index is -0.231. The number of hydrogen-bond donors (Lipinski definition) is 2. The van der Waals surface area contributed by atoms with Gasteiger partial charge >= 0.3 is 0 Å². The molecule has 1 amide bonds. The summed E-state index contributed by atoms with van der Waals surface area (Å²) in [5, 5.41) is 9.57. The highest BCUT2D eigenvalue weighted by molar-refractivity contribution is 7.16. The number of H-pyrrole nitrogens is 1. The summed E-state index contributed by atoms with van der Waals surface area (Å²) in [6.45, 7) is 0.559. The standard InChI is InChI=1S/C12H13ClN4OS/c13-9-4-3-8(19-9)5-6-14-12(18)11-15-10(16-17-11)7-1-2-7/h3-4,7H,1-2,5-6H2,(H,14,18)(H,15,16,17). The second kappa shape index (κ2) is 5.30. The van der Waals surface area contributed by atoms with E-state index >= 15 is 0 Å². The SMILES string of the molecule is O=C(NCCc1ccc(Cl)s1)c1n[nH]c(C2CC2)n1. The summed E-state index contributed by atoms with van der Waals surface area (Å²) < 4.78 is 0.768. The largest absolute Gasteiger partial charge is 0.349 e. The molecule has 100 valence electrons. The van der Waals surface area contributed by atoms with Crippen LogP contribution in [0.25, 0.3) is 0 Å². The van der Waals surface area contributed by atoms with Gasteiger partial charge in [-0.2, -0.15) is 0 Å². The molecule has 3 rings (SSSR count). The third-order valence-corrected chi connectivity index (χ3v) is 4.25. The topological polar surface area (TPSA) is 70.7 Å². The van der Waals surface area contributed by atoms with Crippen molar-refractivity contribution in [2.75, 3.05) is 6.54 Å². The van der Waals surface area contributed by atoms with Gasteiger partial charge in [0, 0.05) is 17.3 Å². The monoisotopic (exact) mass is 296 g/mol. The lowest BCUT2D eigenvalue weighted by Crippen LogP contribution is -2.26. The Labute approximate surface area is 119 Å². The van der Waals surface area contributed by atoms with Gasteiger partial charge in [0.05, 0.1) is 4.34 Å². The molecule has 2 N–H and O–H groups in total. The fourth-order valence-electron chi connectivity index (χ4n) is 1.78. The molecule has 2 aromatic rings. The van der Waals surface area contributed by atoms with E-state index in [1.165, 1.54) is 11.3 Å². The first-order valence-electron chi connectivity index (χ1n) is 6.17. The van der Waals surface area contributed by atoms with Crippen molar-refractivity contribution in [3.63, 3.8) is 0 Å². The molecule has 0 aliphatic heterocycles. The van der Waals surface area contributed by atoms with E-state index in [0.717, 1.165) is 34.3 Å². The van der Waals surface area contributed by atoms with E-state index in [4.69, 9.17) is 11.6 Å². The first-order valence-corrected chi connectivity index (χ1v) is 7.36. The number of nitrogens with one attached hydrogen (secondary N) is 2. The van der Waals surface area contributed by atoms with Gasteiger partial charge in [0.1, 0.15) is 5.82 Å². The van der Waals surface area contributed by atoms with Crippen LogP contribution in [0.3, 0.4) is 0 Å². The molecule has 0 aromatic carbocycles. The van der Waals surface area contributed by atoms with Gasteiger partial charge in [-0.3, -0.25) is 9.89 Å². The summed E-state index contributed by atoms with van der Waals surface area (Å²) in [5.74, 6) is 1.30. The first-order chi connectivity index (χ1) is 9.22. The number of hydrogen-bond acceptors (Lipinski definition) is 4. The quantitative estimate of drug-likeness (QED) is 0.890. The fourth-order valence-corrected chi connectivity index (χ4v) is 2.87. The molecule has 5 nitrogen and oxygen atoms in total. The molecule has 0 atom stereocenters. The van der Waals surface area contributed by atoms with E-state index < -0.39 is 0 Å². The van der Waals surface area contributed by atoms with Gasteiger partial charge in [-0.25, -0.2) is 4.98 Å². The van der Waals surface area contributed by atoms with Crippen LogP contribution in [0.15, 0.2) is 12.1 Å². The zero-order valence-corrected chi connectivity index (χ0v) is 11.7. The first kappa shape index (κ1) is 12.6. The van der Waals surface area contributed by atoms with Gasteiger partial charge in [0.15, 0.2) is 0 Å². The van der Waals surface area contributed by atoms with E-state index in [0.29, 0.717) is 12.5 Å². The van der Waals surface area contributed by atoms with Gasteiger partial charge in [0.25, 0.3) is 5.91 Å². The molecule has 0 unspecified atom stereocenters. The molecule has 0 radical (unpaired) electrons. The lowest BCUT2D eigenvalue weighted by atomic mass is 10.3. The summed E-state index contributed by atoms with van der Waals surface area (Å²) >= 11 is 7.37. The number of rotatable bonds is 5.